The average molecular weight is 405 g/mol. The van der Waals surface area contributed by atoms with E-state index in [0.29, 0.717) is 5.56 Å². The molecule has 1 aliphatic rings. The molecule has 6 nitrogen and oxygen atoms in total. The smallest absolute Gasteiger partial charge is 0.251 e. The third kappa shape index (κ3) is 4.82. The minimum Gasteiger partial charge on any atom is -0.379 e. The number of primary amides is 1. The number of amides is 1. The van der Waals surface area contributed by atoms with Gasteiger partial charge in [0.2, 0.25) is 0 Å². The molecular weight excluding hydrogens is 372 g/mol. The van der Waals surface area contributed by atoms with Crippen molar-refractivity contribution in [3.8, 4) is 10.6 Å². The second-order valence-corrected chi connectivity index (χ2v) is 8.29. The summed E-state index contributed by atoms with van der Waals surface area (Å²) in [5.74, 6) is -0.355. The molecule has 3 rings (SSSR count). The van der Waals surface area contributed by atoms with Gasteiger partial charge in [0.05, 0.1) is 18.8 Å². The second-order valence-electron chi connectivity index (χ2n) is 7.40. The number of hydrogen-bond acceptors (Lipinski definition) is 5. The Morgan fingerprint density at radius 1 is 1.25 bits per heavy atom. The maximum Gasteiger partial charge on any atom is 0.251 e. The van der Waals surface area contributed by atoms with Gasteiger partial charge in [0, 0.05) is 54.7 Å². The number of morpholine rings is 1. The van der Waals surface area contributed by atoms with Crippen LogP contribution in [0.4, 0.5) is 0 Å². The number of rotatable bonds is 10. The van der Waals surface area contributed by atoms with Crippen molar-refractivity contribution in [1.82, 2.24) is 14.5 Å². The third-order valence-electron chi connectivity index (χ3n) is 5.50. The Balaban J connectivity index is 1.87. The standard InChI is InChI=1S/C21H32N4O2S/c1-3-4-5-7-17-19(21-23-8-15-28-21)18(20(22)26)16(2)25(17)10-6-9-24-11-13-27-14-12-24/h8,15H,3-7,9-14H2,1-2H3,(H2,22,26). The van der Waals surface area contributed by atoms with Crippen molar-refractivity contribution in [2.75, 3.05) is 32.8 Å². The van der Waals surface area contributed by atoms with Crippen LogP contribution in [-0.2, 0) is 17.7 Å². The minimum absolute atomic E-state index is 0.355. The number of nitrogens with zero attached hydrogens (tertiary/aromatic N) is 3. The number of ether oxygens (including phenoxy) is 1. The summed E-state index contributed by atoms with van der Waals surface area (Å²) in [6, 6.07) is 0. The number of aromatic nitrogens is 2. The molecule has 2 aromatic heterocycles. The van der Waals surface area contributed by atoms with Crippen LogP contribution in [0.1, 0.15) is 54.4 Å². The van der Waals surface area contributed by atoms with E-state index in [9.17, 15) is 4.79 Å². The molecule has 0 aromatic carbocycles. The van der Waals surface area contributed by atoms with E-state index in [0.717, 1.165) is 74.9 Å². The molecule has 0 spiro atoms. The fourth-order valence-electron chi connectivity index (χ4n) is 4.06. The molecular formula is C21H32N4O2S. The van der Waals surface area contributed by atoms with E-state index in [1.807, 2.05) is 12.3 Å². The Bertz CT molecular complexity index is 764. The summed E-state index contributed by atoms with van der Waals surface area (Å²) < 4.78 is 7.77. The number of thiazole rings is 1. The highest BCUT2D eigenvalue weighted by Crippen LogP contribution is 2.35. The predicted octanol–water partition coefficient (Wildman–Crippen LogP) is 3.47. The van der Waals surface area contributed by atoms with Crippen LogP contribution in [0.5, 0.6) is 0 Å². The summed E-state index contributed by atoms with van der Waals surface area (Å²) in [6.45, 7) is 9.84. The molecule has 1 amide bonds. The lowest BCUT2D eigenvalue weighted by Crippen LogP contribution is -2.37. The van der Waals surface area contributed by atoms with E-state index in [-0.39, 0.29) is 5.91 Å². The fourth-order valence-corrected chi connectivity index (χ4v) is 4.77. The molecule has 2 aromatic rings. The molecule has 0 atom stereocenters. The van der Waals surface area contributed by atoms with E-state index in [1.165, 1.54) is 18.5 Å². The highest BCUT2D eigenvalue weighted by molar-refractivity contribution is 7.13. The summed E-state index contributed by atoms with van der Waals surface area (Å²) in [5.41, 5.74) is 9.61. The van der Waals surface area contributed by atoms with Crippen molar-refractivity contribution in [1.29, 1.82) is 0 Å². The van der Waals surface area contributed by atoms with Crippen molar-refractivity contribution >= 4 is 17.2 Å². The third-order valence-corrected chi connectivity index (χ3v) is 6.29. The first-order valence-corrected chi connectivity index (χ1v) is 11.2. The molecule has 7 heteroatoms. The first-order valence-electron chi connectivity index (χ1n) is 10.3. The molecule has 154 valence electrons. The van der Waals surface area contributed by atoms with Crippen molar-refractivity contribution in [2.24, 2.45) is 5.73 Å². The van der Waals surface area contributed by atoms with E-state index >= 15 is 0 Å². The van der Waals surface area contributed by atoms with E-state index in [2.05, 4.69) is 21.4 Å². The summed E-state index contributed by atoms with van der Waals surface area (Å²) in [5, 5.41) is 2.86. The van der Waals surface area contributed by atoms with Gasteiger partial charge in [-0.05, 0) is 26.2 Å². The van der Waals surface area contributed by atoms with Crippen LogP contribution < -0.4 is 5.73 Å². The fraction of sp³-hybridized carbons (Fsp3) is 0.619. The van der Waals surface area contributed by atoms with Gasteiger partial charge in [-0.1, -0.05) is 19.8 Å². The molecule has 2 N–H and O–H groups in total. The number of carbonyl (C=O) groups excluding carboxylic acids is 1. The number of unbranched alkanes of at least 4 members (excludes halogenated alkanes) is 2. The van der Waals surface area contributed by atoms with Gasteiger partial charge in [-0.15, -0.1) is 11.3 Å². The van der Waals surface area contributed by atoms with Gasteiger partial charge < -0.3 is 15.0 Å². The molecule has 0 saturated carbocycles. The van der Waals surface area contributed by atoms with Gasteiger partial charge >= 0.3 is 0 Å². The lowest BCUT2D eigenvalue weighted by Gasteiger charge is -2.26. The normalized spacial score (nSPS) is 15.2. The Kier molecular flexibility index (Phi) is 7.65. The second kappa shape index (κ2) is 10.2. The lowest BCUT2D eigenvalue weighted by atomic mass is 10.0. The first kappa shape index (κ1) is 21.0. The predicted molar refractivity (Wildman–Crippen MR) is 114 cm³/mol. The monoisotopic (exact) mass is 404 g/mol. The Morgan fingerprint density at radius 2 is 2.04 bits per heavy atom. The molecule has 3 heterocycles. The summed E-state index contributed by atoms with van der Waals surface area (Å²) in [4.78, 5) is 19.3. The van der Waals surface area contributed by atoms with E-state index < -0.39 is 0 Å². The lowest BCUT2D eigenvalue weighted by molar-refractivity contribution is 0.0369. The Labute approximate surface area is 171 Å². The first-order chi connectivity index (χ1) is 13.6. The zero-order valence-electron chi connectivity index (χ0n) is 17.1. The van der Waals surface area contributed by atoms with Crippen molar-refractivity contribution in [3.05, 3.63) is 28.5 Å². The minimum atomic E-state index is -0.355. The van der Waals surface area contributed by atoms with Crippen LogP contribution in [0.2, 0.25) is 0 Å². The number of hydrogen-bond donors (Lipinski definition) is 1. The zero-order chi connectivity index (χ0) is 19.9. The highest BCUT2D eigenvalue weighted by Gasteiger charge is 2.25. The average Bonchev–Trinajstić information content (AvgIpc) is 3.30. The van der Waals surface area contributed by atoms with Gasteiger partial charge in [0.1, 0.15) is 5.01 Å². The van der Waals surface area contributed by atoms with Gasteiger partial charge in [0.15, 0.2) is 0 Å². The largest absolute Gasteiger partial charge is 0.379 e. The van der Waals surface area contributed by atoms with Crippen LogP contribution in [0.15, 0.2) is 11.6 Å². The SMILES string of the molecule is CCCCCc1c(-c2nccs2)c(C(N)=O)c(C)n1CCCN1CCOCC1. The maximum atomic E-state index is 12.3. The van der Waals surface area contributed by atoms with Gasteiger partial charge in [-0.25, -0.2) is 4.98 Å². The van der Waals surface area contributed by atoms with Gasteiger partial charge in [-0.3, -0.25) is 9.69 Å². The quantitative estimate of drug-likeness (QED) is 0.615. The van der Waals surface area contributed by atoms with Crippen molar-refractivity contribution in [2.45, 2.75) is 52.5 Å². The zero-order valence-corrected chi connectivity index (χ0v) is 17.9. The molecule has 1 fully saturated rings. The van der Waals surface area contributed by atoms with Crippen molar-refractivity contribution in [3.63, 3.8) is 0 Å². The van der Waals surface area contributed by atoms with Crippen LogP contribution in [0, 0.1) is 6.92 Å². The van der Waals surface area contributed by atoms with E-state index in [1.54, 1.807) is 17.5 Å². The Morgan fingerprint density at radius 3 is 2.68 bits per heavy atom. The molecule has 28 heavy (non-hydrogen) atoms. The van der Waals surface area contributed by atoms with Crippen molar-refractivity contribution < 1.29 is 9.53 Å². The maximum absolute atomic E-state index is 12.3. The Hall–Kier alpha value is -1.70. The summed E-state index contributed by atoms with van der Waals surface area (Å²) in [7, 11) is 0. The molecule has 1 saturated heterocycles. The summed E-state index contributed by atoms with van der Waals surface area (Å²) >= 11 is 1.58. The van der Waals surface area contributed by atoms with Crippen LogP contribution in [0.25, 0.3) is 10.6 Å². The summed E-state index contributed by atoms with van der Waals surface area (Å²) in [6.07, 6.45) is 7.26. The number of nitrogens with two attached hydrogens (primary N) is 1. The molecule has 0 aliphatic carbocycles. The molecule has 0 unspecified atom stereocenters. The van der Waals surface area contributed by atoms with Gasteiger partial charge in [-0.2, -0.15) is 0 Å². The van der Waals surface area contributed by atoms with Gasteiger partial charge in [0.25, 0.3) is 5.91 Å². The van der Waals surface area contributed by atoms with E-state index in [4.69, 9.17) is 10.5 Å². The van der Waals surface area contributed by atoms with Crippen LogP contribution in [0.3, 0.4) is 0 Å². The molecule has 1 aliphatic heterocycles. The van der Waals surface area contributed by atoms with Crippen LogP contribution >= 0.6 is 11.3 Å². The molecule has 0 radical (unpaired) electrons. The molecule has 0 bridgehead atoms. The van der Waals surface area contributed by atoms with Crippen LogP contribution in [-0.4, -0.2) is 53.2 Å². The topological polar surface area (TPSA) is 73.4 Å². The highest BCUT2D eigenvalue weighted by atomic mass is 32.1. The number of carbonyl (C=O) groups is 1.